The first kappa shape index (κ1) is 10.2. The molecule has 0 spiro atoms. The van der Waals surface area contributed by atoms with Crippen molar-refractivity contribution in [3.63, 3.8) is 0 Å². The van der Waals surface area contributed by atoms with Gasteiger partial charge in [-0.25, -0.2) is 0 Å². The van der Waals surface area contributed by atoms with Gasteiger partial charge < -0.3 is 21.5 Å². The SMILES string of the molecule is C=CC[N+]12CCN(CC1)CC2.[Br-]. The molecule has 2 nitrogen and oxygen atoms in total. The summed E-state index contributed by atoms with van der Waals surface area (Å²) in [5.41, 5.74) is 0. The molecular formula is C9H17BrN2. The molecule has 0 unspecified atom stereocenters. The molecule has 0 saturated carbocycles. The van der Waals surface area contributed by atoms with Crippen LogP contribution in [0.15, 0.2) is 12.7 Å². The fourth-order valence-corrected chi connectivity index (χ4v) is 2.28. The third-order valence-corrected chi connectivity index (χ3v) is 3.19. The maximum atomic E-state index is 3.84. The summed E-state index contributed by atoms with van der Waals surface area (Å²) in [6, 6.07) is 0. The summed E-state index contributed by atoms with van der Waals surface area (Å²) < 4.78 is 1.32. The number of hydrogen-bond donors (Lipinski definition) is 0. The molecule has 3 rings (SSSR count). The van der Waals surface area contributed by atoms with Crippen LogP contribution in [0, 0.1) is 0 Å². The topological polar surface area (TPSA) is 3.24 Å². The van der Waals surface area contributed by atoms with E-state index >= 15 is 0 Å². The second-order valence-electron chi connectivity index (χ2n) is 3.83. The Labute approximate surface area is 85.2 Å². The maximum Gasteiger partial charge on any atom is 0.0972 e. The van der Waals surface area contributed by atoms with Crippen LogP contribution in [-0.2, 0) is 0 Å². The van der Waals surface area contributed by atoms with E-state index in [0.29, 0.717) is 0 Å². The molecule has 12 heavy (non-hydrogen) atoms. The van der Waals surface area contributed by atoms with Crippen LogP contribution in [0.5, 0.6) is 0 Å². The summed E-state index contributed by atoms with van der Waals surface area (Å²) in [5.74, 6) is 0. The van der Waals surface area contributed by atoms with Gasteiger partial charge in [0, 0.05) is 19.6 Å². The molecule has 0 atom stereocenters. The highest BCUT2D eigenvalue weighted by Crippen LogP contribution is 2.18. The van der Waals surface area contributed by atoms with Crippen LogP contribution in [0.1, 0.15) is 0 Å². The predicted octanol–water partition coefficient (Wildman–Crippen LogP) is -2.68. The van der Waals surface area contributed by atoms with E-state index in [1.54, 1.807) is 0 Å². The number of quaternary nitrogens is 1. The number of hydrogen-bond acceptors (Lipinski definition) is 1. The smallest absolute Gasteiger partial charge is 0.0972 e. The van der Waals surface area contributed by atoms with Crippen LogP contribution in [-0.4, -0.2) is 55.2 Å². The van der Waals surface area contributed by atoms with E-state index in [0.717, 1.165) is 0 Å². The number of piperazine rings is 3. The quantitative estimate of drug-likeness (QED) is 0.371. The predicted molar refractivity (Wildman–Crippen MR) is 46.4 cm³/mol. The number of fused-ring (bicyclic) bond motifs is 3. The average molecular weight is 233 g/mol. The molecule has 3 aliphatic rings. The van der Waals surface area contributed by atoms with Gasteiger partial charge in [0.05, 0.1) is 26.2 Å². The Kier molecular flexibility index (Phi) is 3.32. The van der Waals surface area contributed by atoms with E-state index in [-0.39, 0.29) is 17.0 Å². The van der Waals surface area contributed by atoms with Crippen molar-refractivity contribution in [1.82, 2.24) is 4.90 Å². The molecule has 0 aromatic carbocycles. The van der Waals surface area contributed by atoms with Gasteiger partial charge in [-0.3, -0.25) is 4.90 Å². The number of nitrogens with zero attached hydrogens (tertiary/aromatic N) is 2. The van der Waals surface area contributed by atoms with Crippen LogP contribution in [0.4, 0.5) is 0 Å². The van der Waals surface area contributed by atoms with Gasteiger partial charge in [-0.2, -0.15) is 0 Å². The van der Waals surface area contributed by atoms with E-state index in [2.05, 4.69) is 17.6 Å². The van der Waals surface area contributed by atoms with Crippen molar-refractivity contribution in [2.75, 3.05) is 45.8 Å². The maximum absolute atomic E-state index is 3.84. The first-order chi connectivity index (χ1) is 5.35. The second-order valence-corrected chi connectivity index (χ2v) is 3.83. The van der Waals surface area contributed by atoms with Crippen LogP contribution >= 0.6 is 0 Å². The third-order valence-electron chi connectivity index (χ3n) is 3.19. The molecule has 0 aliphatic carbocycles. The van der Waals surface area contributed by atoms with Crippen molar-refractivity contribution in [2.24, 2.45) is 0 Å². The summed E-state index contributed by atoms with van der Waals surface area (Å²) in [4.78, 5) is 2.57. The van der Waals surface area contributed by atoms with Crippen LogP contribution in [0.25, 0.3) is 0 Å². The van der Waals surface area contributed by atoms with Gasteiger partial charge in [0.2, 0.25) is 0 Å². The Morgan fingerprint density at radius 1 is 1.17 bits per heavy atom. The van der Waals surface area contributed by atoms with Gasteiger partial charge in [-0.15, -0.1) is 0 Å². The minimum atomic E-state index is 0. The minimum Gasteiger partial charge on any atom is -1.00 e. The summed E-state index contributed by atoms with van der Waals surface area (Å²) in [6.45, 7) is 13.0. The summed E-state index contributed by atoms with van der Waals surface area (Å²) in [7, 11) is 0. The highest BCUT2D eigenvalue weighted by Gasteiger charge is 2.36. The van der Waals surface area contributed by atoms with E-state index < -0.39 is 0 Å². The van der Waals surface area contributed by atoms with Crippen LogP contribution < -0.4 is 17.0 Å². The lowest BCUT2D eigenvalue weighted by atomic mass is 10.1. The molecule has 3 aliphatic heterocycles. The first-order valence-electron chi connectivity index (χ1n) is 4.53. The Morgan fingerprint density at radius 3 is 2.08 bits per heavy atom. The fraction of sp³-hybridized carbons (Fsp3) is 0.778. The first-order valence-corrected chi connectivity index (χ1v) is 4.53. The van der Waals surface area contributed by atoms with E-state index in [9.17, 15) is 0 Å². The van der Waals surface area contributed by atoms with Crippen molar-refractivity contribution >= 4 is 0 Å². The lowest BCUT2D eigenvalue weighted by Crippen LogP contribution is -3.00. The minimum absolute atomic E-state index is 0. The molecule has 3 saturated heterocycles. The molecule has 3 heterocycles. The zero-order valence-corrected chi connectivity index (χ0v) is 9.09. The molecule has 0 aromatic heterocycles. The number of halogens is 1. The van der Waals surface area contributed by atoms with Gasteiger partial charge in [0.1, 0.15) is 0 Å². The zero-order chi connectivity index (χ0) is 7.73. The normalized spacial score (nSPS) is 38.8. The summed E-state index contributed by atoms with van der Waals surface area (Å²) in [5, 5.41) is 0. The second kappa shape index (κ2) is 3.90. The molecule has 0 N–H and O–H groups in total. The highest BCUT2D eigenvalue weighted by molar-refractivity contribution is 4.75. The zero-order valence-electron chi connectivity index (χ0n) is 7.51. The lowest BCUT2D eigenvalue weighted by molar-refractivity contribution is -0.935. The standard InChI is InChI=1S/C9H17N2.BrH/c1-2-6-11-7-3-10(4-8-11)5-9-11;/h2H,1,3-9H2;1H/q+1;/p-1. The van der Waals surface area contributed by atoms with Gasteiger partial charge in [0.15, 0.2) is 0 Å². The van der Waals surface area contributed by atoms with E-state index in [4.69, 9.17) is 0 Å². The molecule has 0 aromatic rings. The number of rotatable bonds is 2. The van der Waals surface area contributed by atoms with E-state index in [1.807, 2.05) is 0 Å². The molecule has 3 fully saturated rings. The molecule has 0 radical (unpaired) electrons. The Balaban J connectivity index is 0.000000720. The Bertz CT molecular complexity index is 148. The molecule has 70 valence electrons. The molecular weight excluding hydrogens is 216 g/mol. The van der Waals surface area contributed by atoms with Gasteiger partial charge in [0.25, 0.3) is 0 Å². The van der Waals surface area contributed by atoms with Crippen LogP contribution in [0.3, 0.4) is 0 Å². The Hall–Kier alpha value is 0.140. The highest BCUT2D eigenvalue weighted by atomic mass is 79.9. The molecule has 0 amide bonds. The lowest BCUT2D eigenvalue weighted by Gasteiger charge is -2.50. The summed E-state index contributed by atoms with van der Waals surface area (Å²) >= 11 is 0. The van der Waals surface area contributed by atoms with Crippen LogP contribution in [0.2, 0.25) is 0 Å². The van der Waals surface area contributed by atoms with Gasteiger partial charge in [-0.1, -0.05) is 6.58 Å². The van der Waals surface area contributed by atoms with Crippen molar-refractivity contribution < 1.29 is 21.5 Å². The third kappa shape index (κ3) is 1.73. The van der Waals surface area contributed by atoms with Crippen molar-refractivity contribution in [3.8, 4) is 0 Å². The van der Waals surface area contributed by atoms with Gasteiger partial charge >= 0.3 is 0 Å². The van der Waals surface area contributed by atoms with Gasteiger partial charge in [-0.05, 0) is 6.08 Å². The summed E-state index contributed by atoms with van der Waals surface area (Å²) in [6.07, 6.45) is 2.08. The van der Waals surface area contributed by atoms with E-state index in [1.165, 1.54) is 50.3 Å². The monoisotopic (exact) mass is 232 g/mol. The largest absolute Gasteiger partial charge is 1.00 e. The van der Waals surface area contributed by atoms with Crippen molar-refractivity contribution in [1.29, 1.82) is 0 Å². The van der Waals surface area contributed by atoms with Crippen molar-refractivity contribution in [2.45, 2.75) is 0 Å². The molecule has 3 heteroatoms. The fourth-order valence-electron chi connectivity index (χ4n) is 2.28. The van der Waals surface area contributed by atoms with Crippen molar-refractivity contribution in [3.05, 3.63) is 12.7 Å². The average Bonchev–Trinajstić information content (AvgIpc) is 2.07. The molecule has 2 bridgehead atoms. The Morgan fingerprint density at radius 2 is 1.67 bits per heavy atom.